The van der Waals surface area contributed by atoms with E-state index in [4.69, 9.17) is 16.3 Å². The normalized spacial score (nSPS) is 10.0. The van der Waals surface area contributed by atoms with Crippen molar-refractivity contribution in [2.45, 2.75) is 0 Å². The van der Waals surface area contributed by atoms with Crippen LogP contribution in [0.1, 0.15) is 10.4 Å². The molecule has 0 bridgehead atoms. The Kier molecular flexibility index (Phi) is 4.33. The standard InChI is InChI=1S/C13H7ClN2O6/c14-11-6-1-8(7-12(11)16(20)21)13(17)22-10-4-2-9(3-5-10)15(18)19/h1-7H. The molecule has 0 amide bonds. The van der Waals surface area contributed by atoms with Gasteiger partial charge in [-0.1, -0.05) is 11.6 Å². The van der Waals surface area contributed by atoms with Crippen LogP contribution in [0.25, 0.3) is 0 Å². The van der Waals surface area contributed by atoms with Crippen molar-refractivity contribution in [3.63, 3.8) is 0 Å². The second-order valence-electron chi connectivity index (χ2n) is 4.06. The molecule has 0 unspecified atom stereocenters. The minimum atomic E-state index is -0.839. The van der Waals surface area contributed by atoms with Gasteiger partial charge in [-0.3, -0.25) is 20.2 Å². The zero-order valence-corrected chi connectivity index (χ0v) is 11.5. The number of hydrogen-bond acceptors (Lipinski definition) is 6. The number of halogens is 1. The highest BCUT2D eigenvalue weighted by atomic mass is 35.5. The topological polar surface area (TPSA) is 113 Å². The van der Waals surface area contributed by atoms with Crippen molar-refractivity contribution >= 4 is 28.9 Å². The quantitative estimate of drug-likeness (QED) is 0.369. The van der Waals surface area contributed by atoms with E-state index in [1.54, 1.807) is 0 Å². The predicted molar refractivity (Wildman–Crippen MR) is 76.2 cm³/mol. The van der Waals surface area contributed by atoms with Crippen LogP contribution in [0.3, 0.4) is 0 Å². The Morgan fingerprint density at radius 1 is 1.00 bits per heavy atom. The SMILES string of the molecule is O=C(Oc1ccc([N+](=O)[O-])cc1)c1ccc(Cl)c([N+](=O)[O-])c1. The van der Waals surface area contributed by atoms with Crippen molar-refractivity contribution in [1.82, 2.24) is 0 Å². The van der Waals surface area contributed by atoms with Gasteiger partial charge in [-0.05, 0) is 24.3 Å². The minimum Gasteiger partial charge on any atom is -0.423 e. The molecular weight excluding hydrogens is 316 g/mol. The molecular formula is C13H7ClN2O6. The van der Waals surface area contributed by atoms with E-state index in [1.165, 1.54) is 36.4 Å². The lowest BCUT2D eigenvalue weighted by Gasteiger charge is -2.04. The van der Waals surface area contributed by atoms with Crippen molar-refractivity contribution in [2.75, 3.05) is 0 Å². The van der Waals surface area contributed by atoms with Crippen molar-refractivity contribution in [1.29, 1.82) is 0 Å². The summed E-state index contributed by atoms with van der Waals surface area (Å²) in [6.45, 7) is 0. The number of hydrogen-bond donors (Lipinski definition) is 0. The summed E-state index contributed by atoms with van der Waals surface area (Å²) < 4.78 is 4.98. The molecule has 0 spiro atoms. The van der Waals surface area contributed by atoms with Crippen LogP contribution in [0.5, 0.6) is 5.75 Å². The van der Waals surface area contributed by atoms with E-state index in [0.717, 1.165) is 6.07 Å². The Labute approximate surface area is 128 Å². The fourth-order valence-corrected chi connectivity index (χ4v) is 1.77. The summed E-state index contributed by atoms with van der Waals surface area (Å²) in [7, 11) is 0. The van der Waals surface area contributed by atoms with E-state index in [1.807, 2.05) is 0 Å². The Morgan fingerprint density at radius 2 is 1.64 bits per heavy atom. The van der Waals surface area contributed by atoms with Crippen LogP contribution in [0, 0.1) is 20.2 Å². The summed E-state index contributed by atoms with van der Waals surface area (Å²) in [5.41, 5.74) is -0.629. The average molecular weight is 323 g/mol. The number of nitro groups is 2. The first kappa shape index (κ1) is 15.4. The van der Waals surface area contributed by atoms with E-state index < -0.39 is 21.5 Å². The second kappa shape index (κ2) is 6.19. The van der Waals surface area contributed by atoms with Crippen molar-refractivity contribution < 1.29 is 19.4 Å². The molecule has 0 atom stereocenters. The van der Waals surface area contributed by atoms with E-state index >= 15 is 0 Å². The molecule has 8 nitrogen and oxygen atoms in total. The Morgan fingerprint density at radius 3 is 2.18 bits per heavy atom. The number of esters is 1. The maximum Gasteiger partial charge on any atom is 0.343 e. The van der Waals surface area contributed by atoms with E-state index in [-0.39, 0.29) is 22.0 Å². The number of nitrogens with zero attached hydrogens (tertiary/aromatic N) is 2. The molecule has 0 N–H and O–H groups in total. The van der Waals surface area contributed by atoms with E-state index in [2.05, 4.69) is 0 Å². The molecule has 2 aromatic rings. The lowest BCUT2D eigenvalue weighted by Crippen LogP contribution is -2.09. The summed E-state index contributed by atoms with van der Waals surface area (Å²) in [5, 5.41) is 21.2. The zero-order chi connectivity index (χ0) is 16.3. The third-order valence-electron chi connectivity index (χ3n) is 2.64. The van der Waals surface area contributed by atoms with Gasteiger partial charge >= 0.3 is 5.97 Å². The van der Waals surface area contributed by atoms with Crippen LogP contribution >= 0.6 is 11.6 Å². The van der Waals surface area contributed by atoms with Gasteiger partial charge in [-0.2, -0.15) is 0 Å². The molecule has 0 fully saturated rings. The maximum atomic E-state index is 11.9. The first-order valence-electron chi connectivity index (χ1n) is 5.79. The molecule has 2 aromatic carbocycles. The summed E-state index contributed by atoms with van der Waals surface area (Å²) in [6, 6.07) is 8.34. The Hall–Kier alpha value is -3.00. The molecule has 22 heavy (non-hydrogen) atoms. The van der Waals surface area contributed by atoms with Gasteiger partial charge in [0, 0.05) is 18.2 Å². The number of non-ortho nitro benzene ring substituents is 1. The number of rotatable bonds is 4. The number of carbonyl (C=O) groups excluding carboxylic acids is 1. The van der Waals surface area contributed by atoms with Crippen molar-refractivity contribution in [3.05, 3.63) is 73.3 Å². The number of ether oxygens (including phenoxy) is 1. The summed E-state index contributed by atoms with van der Waals surface area (Å²) >= 11 is 5.65. The predicted octanol–water partition coefficient (Wildman–Crippen LogP) is 3.38. The van der Waals surface area contributed by atoms with Crippen LogP contribution in [0.2, 0.25) is 5.02 Å². The molecule has 9 heteroatoms. The van der Waals surface area contributed by atoms with Gasteiger partial charge in [0.25, 0.3) is 11.4 Å². The van der Waals surface area contributed by atoms with Gasteiger partial charge in [0.2, 0.25) is 0 Å². The van der Waals surface area contributed by atoms with E-state index in [9.17, 15) is 25.0 Å². The minimum absolute atomic E-state index is 0.0607. The molecule has 2 rings (SSSR count). The fourth-order valence-electron chi connectivity index (χ4n) is 1.58. The van der Waals surface area contributed by atoms with Gasteiger partial charge in [0.15, 0.2) is 0 Å². The highest BCUT2D eigenvalue weighted by Crippen LogP contribution is 2.26. The largest absolute Gasteiger partial charge is 0.423 e. The molecule has 0 aliphatic rings. The Bertz CT molecular complexity index is 760. The molecule has 0 saturated heterocycles. The van der Waals surface area contributed by atoms with Gasteiger partial charge in [-0.15, -0.1) is 0 Å². The number of benzene rings is 2. The van der Waals surface area contributed by atoms with Crippen LogP contribution < -0.4 is 4.74 Å². The monoisotopic (exact) mass is 322 g/mol. The van der Waals surface area contributed by atoms with Crippen LogP contribution in [-0.2, 0) is 0 Å². The first-order valence-corrected chi connectivity index (χ1v) is 6.17. The smallest absolute Gasteiger partial charge is 0.343 e. The van der Waals surface area contributed by atoms with Crippen LogP contribution in [-0.4, -0.2) is 15.8 Å². The lowest BCUT2D eigenvalue weighted by atomic mass is 10.2. The molecule has 0 heterocycles. The van der Waals surface area contributed by atoms with Crippen molar-refractivity contribution in [2.24, 2.45) is 0 Å². The molecule has 0 aliphatic heterocycles. The highest BCUT2D eigenvalue weighted by molar-refractivity contribution is 6.32. The molecule has 0 aromatic heterocycles. The van der Waals surface area contributed by atoms with Gasteiger partial charge in [-0.25, -0.2) is 4.79 Å². The lowest BCUT2D eigenvalue weighted by molar-refractivity contribution is -0.385. The van der Waals surface area contributed by atoms with Gasteiger partial charge in [0.1, 0.15) is 10.8 Å². The van der Waals surface area contributed by atoms with Gasteiger partial charge < -0.3 is 4.74 Å². The fraction of sp³-hybridized carbons (Fsp3) is 0. The number of nitro benzene ring substituents is 2. The summed E-state index contributed by atoms with van der Waals surface area (Å²) in [5.74, 6) is -0.762. The third-order valence-corrected chi connectivity index (χ3v) is 2.96. The highest BCUT2D eigenvalue weighted by Gasteiger charge is 2.18. The van der Waals surface area contributed by atoms with Crippen molar-refractivity contribution in [3.8, 4) is 5.75 Å². The molecule has 0 aliphatic carbocycles. The molecule has 112 valence electrons. The molecule has 0 radical (unpaired) electrons. The Balaban J connectivity index is 2.20. The summed E-state index contributed by atoms with van der Waals surface area (Å²) in [4.78, 5) is 31.9. The second-order valence-corrected chi connectivity index (χ2v) is 4.47. The number of carbonyl (C=O) groups is 1. The van der Waals surface area contributed by atoms with Crippen LogP contribution in [0.4, 0.5) is 11.4 Å². The zero-order valence-electron chi connectivity index (χ0n) is 10.8. The van der Waals surface area contributed by atoms with Gasteiger partial charge in [0.05, 0.1) is 15.4 Å². The summed E-state index contributed by atoms with van der Waals surface area (Å²) in [6.07, 6.45) is 0. The average Bonchev–Trinajstić information content (AvgIpc) is 2.47. The van der Waals surface area contributed by atoms with Crippen LogP contribution in [0.15, 0.2) is 42.5 Å². The first-order chi connectivity index (χ1) is 10.4. The molecule has 0 saturated carbocycles. The third kappa shape index (κ3) is 3.36. The van der Waals surface area contributed by atoms with E-state index in [0.29, 0.717) is 0 Å². The maximum absolute atomic E-state index is 11.9.